The Labute approximate surface area is 163 Å². The molecule has 0 fully saturated rings. The summed E-state index contributed by atoms with van der Waals surface area (Å²) in [5, 5.41) is 0.0623. The van der Waals surface area contributed by atoms with E-state index in [1.54, 1.807) is 14.2 Å². The van der Waals surface area contributed by atoms with Crippen LogP contribution in [-0.2, 0) is 23.7 Å². The van der Waals surface area contributed by atoms with Crippen LogP contribution >= 0.6 is 11.6 Å². The number of esters is 1. The average Bonchev–Trinajstić information content (AvgIpc) is 2.64. The smallest absolute Gasteiger partial charge is 0.308 e. The maximum absolute atomic E-state index is 11.3. The van der Waals surface area contributed by atoms with Crippen LogP contribution in [-0.4, -0.2) is 67.3 Å². The minimum Gasteiger partial charge on any atom is -0.491 e. The lowest BCUT2D eigenvalue weighted by atomic mass is 10.2. The van der Waals surface area contributed by atoms with E-state index in [0.717, 1.165) is 0 Å². The summed E-state index contributed by atoms with van der Waals surface area (Å²) in [6.45, 7) is 2.60. The predicted molar refractivity (Wildman–Crippen MR) is 96.0 cm³/mol. The number of benzene rings is 1. The lowest BCUT2D eigenvalue weighted by Gasteiger charge is -2.18. The molecule has 0 unspecified atom stereocenters. The molecular formula is C17H25ClO9. The third kappa shape index (κ3) is 8.19. The van der Waals surface area contributed by atoms with Gasteiger partial charge in [-0.1, -0.05) is 11.6 Å². The highest BCUT2D eigenvalue weighted by Gasteiger charge is 2.22. The molecule has 10 heteroatoms. The van der Waals surface area contributed by atoms with Gasteiger partial charge in [0.15, 0.2) is 30.8 Å². The molecule has 1 rings (SSSR count). The molecule has 0 atom stereocenters. The van der Waals surface area contributed by atoms with Gasteiger partial charge in [-0.05, 0) is 0 Å². The Bertz CT molecular complexity index is 580. The van der Waals surface area contributed by atoms with Gasteiger partial charge in [-0.3, -0.25) is 4.79 Å². The first-order valence-electron chi connectivity index (χ1n) is 8.03. The van der Waals surface area contributed by atoms with Crippen LogP contribution in [0.4, 0.5) is 0 Å². The van der Waals surface area contributed by atoms with Crippen molar-refractivity contribution in [1.29, 1.82) is 0 Å². The van der Waals surface area contributed by atoms with Gasteiger partial charge in [0.25, 0.3) is 0 Å². The maximum atomic E-state index is 11.3. The summed E-state index contributed by atoms with van der Waals surface area (Å²) in [4.78, 5) is 11.3. The molecule has 0 aliphatic carbocycles. The van der Waals surface area contributed by atoms with Crippen LogP contribution < -0.4 is 18.9 Å². The predicted octanol–water partition coefficient (Wildman–Crippen LogP) is 2.27. The molecular weight excluding hydrogens is 384 g/mol. The number of methoxy groups -OCH3 is 3. The molecule has 1 aromatic rings. The monoisotopic (exact) mass is 408 g/mol. The van der Waals surface area contributed by atoms with Crippen LogP contribution in [0.2, 0.25) is 5.02 Å². The number of rotatable bonds is 14. The van der Waals surface area contributed by atoms with E-state index in [9.17, 15) is 4.79 Å². The Morgan fingerprint density at radius 3 is 2.00 bits per heavy atom. The Morgan fingerprint density at radius 2 is 1.48 bits per heavy atom. The Morgan fingerprint density at radius 1 is 0.889 bits per heavy atom. The van der Waals surface area contributed by atoms with Crippen LogP contribution in [0, 0.1) is 0 Å². The number of carbonyl (C=O) groups excluding carboxylic acids is 1. The van der Waals surface area contributed by atoms with Crippen molar-refractivity contribution >= 4 is 17.6 Å². The molecule has 0 saturated heterocycles. The molecule has 0 saturated carbocycles. The van der Waals surface area contributed by atoms with E-state index in [0.29, 0.717) is 26.4 Å². The quantitative estimate of drug-likeness (QED) is 0.199. The Kier molecular flexibility index (Phi) is 11.5. The summed E-state index contributed by atoms with van der Waals surface area (Å²) in [5.41, 5.74) is 0. The van der Waals surface area contributed by atoms with E-state index >= 15 is 0 Å². The van der Waals surface area contributed by atoms with Crippen LogP contribution in [0.1, 0.15) is 6.92 Å². The molecule has 0 radical (unpaired) electrons. The normalized spacial score (nSPS) is 10.6. The summed E-state index contributed by atoms with van der Waals surface area (Å²) in [6.07, 6.45) is 0. The van der Waals surface area contributed by atoms with Gasteiger partial charge in [0.1, 0.15) is 5.02 Å². The van der Waals surface area contributed by atoms with Gasteiger partial charge in [-0.25, -0.2) is 0 Å². The number of hydrogen-bond acceptors (Lipinski definition) is 9. The first kappa shape index (κ1) is 23.3. The summed E-state index contributed by atoms with van der Waals surface area (Å²) in [6, 6.07) is 1.41. The van der Waals surface area contributed by atoms with Gasteiger partial charge in [0.2, 0.25) is 5.75 Å². The van der Waals surface area contributed by atoms with Crippen LogP contribution in [0.3, 0.4) is 0 Å². The molecule has 0 aliphatic rings. The van der Waals surface area contributed by atoms with Gasteiger partial charge >= 0.3 is 5.97 Å². The largest absolute Gasteiger partial charge is 0.491 e. The highest BCUT2D eigenvalue weighted by Crippen LogP contribution is 2.48. The molecule has 0 heterocycles. The van der Waals surface area contributed by atoms with E-state index in [4.69, 9.17) is 49.5 Å². The second-order valence-corrected chi connectivity index (χ2v) is 5.35. The van der Waals surface area contributed by atoms with E-state index in [1.807, 2.05) is 0 Å². The van der Waals surface area contributed by atoms with E-state index < -0.39 is 5.97 Å². The molecule has 0 aliphatic heterocycles. The van der Waals surface area contributed by atoms with E-state index in [-0.39, 0.29) is 41.6 Å². The van der Waals surface area contributed by atoms with Crippen molar-refractivity contribution < 1.29 is 42.7 Å². The summed E-state index contributed by atoms with van der Waals surface area (Å²) < 4.78 is 41.9. The number of carbonyl (C=O) groups is 1. The molecule has 1 aromatic carbocycles. The minimum atomic E-state index is -0.544. The van der Waals surface area contributed by atoms with E-state index in [1.165, 1.54) is 20.1 Å². The molecule has 0 spiro atoms. The van der Waals surface area contributed by atoms with Gasteiger partial charge in [-0.15, -0.1) is 0 Å². The fourth-order valence-electron chi connectivity index (χ4n) is 1.83. The zero-order chi connectivity index (χ0) is 20.1. The Hall–Kier alpha value is -1.78. The van der Waals surface area contributed by atoms with Crippen molar-refractivity contribution in [3.63, 3.8) is 0 Å². The summed E-state index contributed by atoms with van der Waals surface area (Å²) in [7, 11) is 4.53. The minimum absolute atomic E-state index is 0.0623. The van der Waals surface area contributed by atoms with Crippen molar-refractivity contribution in [2.24, 2.45) is 0 Å². The molecule has 9 nitrogen and oxygen atoms in total. The molecule has 0 aromatic heterocycles. The van der Waals surface area contributed by atoms with Crippen LogP contribution in [0.25, 0.3) is 0 Å². The zero-order valence-electron chi connectivity index (χ0n) is 15.9. The number of halogens is 1. The van der Waals surface area contributed by atoms with Crippen LogP contribution in [0.5, 0.6) is 23.0 Å². The molecule has 154 valence electrons. The number of ether oxygens (including phenoxy) is 8. The fraction of sp³-hybridized carbons (Fsp3) is 0.588. The standard InChI is InChI=1S/C17H25ClO9/c1-12(19)27-13-9-14(25-10-23-7-5-20-2)16(17(22-4)15(13)18)26-11-24-8-6-21-3/h9H,5-8,10-11H2,1-4H3. The molecule has 0 amide bonds. The van der Waals surface area contributed by atoms with Crippen molar-refractivity contribution in [3.05, 3.63) is 11.1 Å². The van der Waals surface area contributed by atoms with Gasteiger partial charge in [0, 0.05) is 27.2 Å². The first-order chi connectivity index (χ1) is 13.0. The summed E-state index contributed by atoms with van der Waals surface area (Å²) in [5.74, 6) is 0.0578. The van der Waals surface area contributed by atoms with Crippen molar-refractivity contribution in [3.8, 4) is 23.0 Å². The highest BCUT2D eigenvalue weighted by molar-refractivity contribution is 6.34. The van der Waals surface area contributed by atoms with E-state index in [2.05, 4.69) is 0 Å². The third-order valence-electron chi connectivity index (χ3n) is 3.01. The average molecular weight is 409 g/mol. The SMILES string of the molecule is COCCOCOc1cc(OC(C)=O)c(Cl)c(OC)c1OCOCCOC. The number of hydrogen-bond donors (Lipinski definition) is 0. The zero-order valence-corrected chi connectivity index (χ0v) is 16.6. The first-order valence-corrected chi connectivity index (χ1v) is 8.40. The van der Waals surface area contributed by atoms with Gasteiger partial charge < -0.3 is 37.9 Å². The summed E-state index contributed by atoms with van der Waals surface area (Å²) >= 11 is 6.25. The fourth-order valence-corrected chi connectivity index (χ4v) is 2.09. The molecule has 0 bridgehead atoms. The maximum Gasteiger partial charge on any atom is 0.308 e. The van der Waals surface area contributed by atoms with Gasteiger partial charge in [0.05, 0.1) is 33.5 Å². The highest BCUT2D eigenvalue weighted by atomic mass is 35.5. The van der Waals surface area contributed by atoms with Crippen molar-refractivity contribution in [2.45, 2.75) is 6.92 Å². The second kappa shape index (κ2) is 13.4. The van der Waals surface area contributed by atoms with Gasteiger partial charge in [-0.2, -0.15) is 0 Å². The molecule has 27 heavy (non-hydrogen) atoms. The molecule has 0 N–H and O–H groups in total. The van der Waals surface area contributed by atoms with Crippen molar-refractivity contribution in [1.82, 2.24) is 0 Å². The Balaban J connectivity index is 2.98. The second-order valence-electron chi connectivity index (χ2n) is 4.97. The third-order valence-corrected chi connectivity index (χ3v) is 3.37. The lowest BCUT2D eigenvalue weighted by molar-refractivity contribution is -0.131. The topological polar surface area (TPSA) is 90.9 Å². The van der Waals surface area contributed by atoms with Crippen LogP contribution in [0.15, 0.2) is 6.07 Å². The van der Waals surface area contributed by atoms with Crippen molar-refractivity contribution in [2.75, 3.05) is 61.3 Å². The lowest BCUT2D eigenvalue weighted by Crippen LogP contribution is -2.12.